The first-order chi connectivity index (χ1) is 9.79. The number of amides is 1. The molecule has 20 heavy (non-hydrogen) atoms. The lowest BCUT2D eigenvalue weighted by Crippen LogP contribution is -2.18. The van der Waals surface area contributed by atoms with Gasteiger partial charge in [0.25, 0.3) is 0 Å². The molecule has 0 aliphatic heterocycles. The lowest BCUT2D eigenvalue weighted by molar-refractivity contribution is -0.115. The molecule has 0 fully saturated rings. The van der Waals surface area contributed by atoms with E-state index >= 15 is 0 Å². The molecule has 0 aliphatic rings. The van der Waals surface area contributed by atoms with Gasteiger partial charge in [-0.3, -0.25) is 9.78 Å². The molecule has 1 aromatic heterocycles. The number of hydrogen-bond donors (Lipinski definition) is 2. The van der Waals surface area contributed by atoms with Crippen LogP contribution < -0.4 is 10.6 Å². The second-order valence-electron chi connectivity index (χ2n) is 4.48. The Hall–Kier alpha value is -2.20. The Morgan fingerprint density at radius 2 is 1.95 bits per heavy atom. The van der Waals surface area contributed by atoms with Crippen molar-refractivity contribution in [2.45, 2.75) is 19.9 Å². The Morgan fingerprint density at radius 3 is 2.70 bits per heavy atom. The Morgan fingerprint density at radius 1 is 1.15 bits per heavy atom. The van der Waals surface area contributed by atoms with Gasteiger partial charge in [-0.05, 0) is 30.3 Å². The fraction of sp³-hybridized carbons (Fsp3) is 0.250. The Labute approximate surface area is 119 Å². The number of benzene rings is 1. The normalized spacial score (nSPS) is 10.2. The molecule has 1 heterocycles. The smallest absolute Gasteiger partial charge is 0.230 e. The third-order valence-electron chi connectivity index (χ3n) is 2.92. The Bertz CT molecular complexity index is 555. The quantitative estimate of drug-likeness (QED) is 0.846. The molecule has 2 aromatic rings. The zero-order valence-electron chi connectivity index (χ0n) is 11.6. The van der Waals surface area contributed by atoms with Crippen molar-refractivity contribution >= 4 is 11.6 Å². The maximum atomic E-state index is 12.0. The van der Waals surface area contributed by atoms with E-state index in [9.17, 15) is 4.79 Å². The fourth-order valence-electron chi connectivity index (χ4n) is 1.92. The lowest BCUT2D eigenvalue weighted by atomic mass is 10.1. The van der Waals surface area contributed by atoms with E-state index in [1.54, 1.807) is 6.20 Å². The van der Waals surface area contributed by atoms with Crippen LogP contribution in [-0.4, -0.2) is 17.4 Å². The van der Waals surface area contributed by atoms with E-state index in [1.807, 2.05) is 42.5 Å². The highest BCUT2D eigenvalue weighted by molar-refractivity contribution is 5.92. The predicted molar refractivity (Wildman–Crippen MR) is 80.4 cm³/mol. The van der Waals surface area contributed by atoms with Crippen molar-refractivity contribution in [3.05, 3.63) is 59.9 Å². The molecule has 2 rings (SSSR count). The number of nitrogens with one attached hydrogen (secondary N) is 2. The van der Waals surface area contributed by atoms with Crippen molar-refractivity contribution in [1.29, 1.82) is 0 Å². The average molecular weight is 269 g/mol. The highest BCUT2D eigenvalue weighted by atomic mass is 16.1. The number of aromatic nitrogens is 1. The molecule has 1 amide bonds. The number of hydrogen-bond acceptors (Lipinski definition) is 3. The van der Waals surface area contributed by atoms with Gasteiger partial charge in [-0.25, -0.2) is 0 Å². The highest BCUT2D eigenvalue weighted by Gasteiger charge is 2.07. The molecule has 0 saturated heterocycles. The number of carbonyl (C=O) groups excluding carboxylic acids is 1. The molecule has 104 valence electrons. The summed E-state index contributed by atoms with van der Waals surface area (Å²) >= 11 is 0. The van der Waals surface area contributed by atoms with Crippen LogP contribution in [0.4, 0.5) is 5.69 Å². The first kappa shape index (κ1) is 14.2. The van der Waals surface area contributed by atoms with Crippen LogP contribution in [0, 0.1) is 0 Å². The van der Waals surface area contributed by atoms with E-state index in [2.05, 4.69) is 22.5 Å². The summed E-state index contributed by atoms with van der Waals surface area (Å²) in [5.74, 6) is -0.0485. The van der Waals surface area contributed by atoms with Gasteiger partial charge in [0.1, 0.15) is 0 Å². The van der Waals surface area contributed by atoms with Gasteiger partial charge in [-0.2, -0.15) is 0 Å². The van der Waals surface area contributed by atoms with E-state index < -0.39 is 0 Å². The van der Waals surface area contributed by atoms with Crippen molar-refractivity contribution in [3.63, 3.8) is 0 Å². The molecule has 0 spiro atoms. The van der Waals surface area contributed by atoms with Crippen LogP contribution in [0.25, 0.3) is 0 Å². The van der Waals surface area contributed by atoms with E-state index in [-0.39, 0.29) is 12.3 Å². The number of rotatable bonds is 6. The standard InChI is InChI=1S/C16H19N3O/c1-2-17-12-13-7-3-4-9-15(13)19-16(20)11-14-8-5-6-10-18-14/h3-10,17H,2,11-12H2,1H3,(H,19,20). The van der Waals surface area contributed by atoms with Gasteiger partial charge in [0.15, 0.2) is 0 Å². The monoisotopic (exact) mass is 269 g/mol. The van der Waals surface area contributed by atoms with Crippen LogP contribution in [0.5, 0.6) is 0 Å². The zero-order chi connectivity index (χ0) is 14.2. The largest absolute Gasteiger partial charge is 0.325 e. The molecule has 0 bridgehead atoms. The summed E-state index contributed by atoms with van der Waals surface area (Å²) in [5, 5.41) is 6.21. The van der Waals surface area contributed by atoms with Crippen LogP contribution >= 0.6 is 0 Å². The number of pyridine rings is 1. The molecule has 2 N–H and O–H groups in total. The Balaban J connectivity index is 2.00. The molecular weight excluding hydrogens is 250 g/mol. The minimum atomic E-state index is -0.0485. The number of carbonyl (C=O) groups is 1. The van der Waals surface area contributed by atoms with Gasteiger partial charge in [0, 0.05) is 24.1 Å². The minimum absolute atomic E-state index is 0.0485. The number of nitrogens with zero attached hydrogens (tertiary/aromatic N) is 1. The van der Waals surface area contributed by atoms with E-state index in [0.717, 1.165) is 30.0 Å². The molecule has 0 radical (unpaired) electrons. The summed E-state index contributed by atoms with van der Waals surface area (Å²) in [5.41, 5.74) is 2.72. The van der Waals surface area contributed by atoms with Crippen molar-refractivity contribution in [2.24, 2.45) is 0 Å². The summed E-state index contributed by atoms with van der Waals surface area (Å²) in [6.07, 6.45) is 1.98. The molecule has 0 aliphatic carbocycles. The molecular formula is C16H19N3O. The van der Waals surface area contributed by atoms with Crippen LogP contribution in [0.1, 0.15) is 18.2 Å². The second-order valence-corrected chi connectivity index (χ2v) is 4.48. The first-order valence-corrected chi connectivity index (χ1v) is 6.78. The first-order valence-electron chi connectivity index (χ1n) is 6.78. The van der Waals surface area contributed by atoms with Crippen LogP contribution in [0.2, 0.25) is 0 Å². The third kappa shape index (κ3) is 4.17. The molecule has 0 saturated carbocycles. The highest BCUT2D eigenvalue weighted by Crippen LogP contribution is 2.15. The van der Waals surface area contributed by atoms with Gasteiger partial charge >= 0.3 is 0 Å². The van der Waals surface area contributed by atoms with E-state index in [1.165, 1.54) is 0 Å². The predicted octanol–water partition coefficient (Wildman–Crippen LogP) is 2.37. The maximum Gasteiger partial charge on any atom is 0.230 e. The van der Waals surface area contributed by atoms with Gasteiger partial charge < -0.3 is 10.6 Å². The van der Waals surface area contributed by atoms with Gasteiger partial charge in [-0.15, -0.1) is 0 Å². The zero-order valence-corrected chi connectivity index (χ0v) is 11.6. The average Bonchev–Trinajstić information content (AvgIpc) is 2.47. The van der Waals surface area contributed by atoms with E-state index in [4.69, 9.17) is 0 Å². The molecule has 0 atom stereocenters. The molecule has 4 nitrogen and oxygen atoms in total. The van der Waals surface area contributed by atoms with Gasteiger partial charge in [0.05, 0.1) is 6.42 Å². The van der Waals surface area contributed by atoms with Crippen LogP contribution in [-0.2, 0) is 17.8 Å². The third-order valence-corrected chi connectivity index (χ3v) is 2.92. The Kier molecular flexibility index (Phi) is 5.26. The van der Waals surface area contributed by atoms with Gasteiger partial charge in [-0.1, -0.05) is 31.2 Å². The number of para-hydroxylation sites is 1. The second kappa shape index (κ2) is 7.40. The van der Waals surface area contributed by atoms with Crippen molar-refractivity contribution < 1.29 is 4.79 Å². The van der Waals surface area contributed by atoms with E-state index in [0.29, 0.717) is 0 Å². The molecule has 1 aromatic carbocycles. The summed E-state index contributed by atoms with van der Waals surface area (Å²) in [4.78, 5) is 16.2. The summed E-state index contributed by atoms with van der Waals surface area (Å²) in [7, 11) is 0. The van der Waals surface area contributed by atoms with Crippen LogP contribution in [0.3, 0.4) is 0 Å². The minimum Gasteiger partial charge on any atom is -0.325 e. The number of anilines is 1. The van der Waals surface area contributed by atoms with Gasteiger partial charge in [0.2, 0.25) is 5.91 Å². The maximum absolute atomic E-state index is 12.0. The van der Waals surface area contributed by atoms with Crippen molar-refractivity contribution in [3.8, 4) is 0 Å². The van der Waals surface area contributed by atoms with Crippen molar-refractivity contribution in [1.82, 2.24) is 10.3 Å². The molecule has 4 heteroatoms. The topological polar surface area (TPSA) is 54.0 Å². The summed E-state index contributed by atoms with van der Waals surface area (Å²) in [6.45, 7) is 3.70. The van der Waals surface area contributed by atoms with Crippen LogP contribution in [0.15, 0.2) is 48.7 Å². The lowest BCUT2D eigenvalue weighted by Gasteiger charge is -2.11. The van der Waals surface area contributed by atoms with Crippen molar-refractivity contribution in [2.75, 3.05) is 11.9 Å². The SMILES string of the molecule is CCNCc1ccccc1NC(=O)Cc1ccccn1. The summed E-state index contributed by atoms with van der Waals surface area (Å²) < 4.78 is 0. The summed E-state index contributed by atoms with van der Waals surface area (Å²) in [6, 6.07) is 13.4. The molecule has 0 unspecified atom stereocenters. The fourth-order valence-corrected chi connectivity index (χ4v) is 1.92.